The number of rotatable bonds is 6. The van der Waals surface area contributed by atoms with Crippen molar-refractivity contribution in [3.63, 3.8) is 0 Å². The highest BCUT2D eigenvalue weighted by Gasteiger charge is 2.36. The summed E-state index contributed by atoms with van der Waals surface area (Å²) in [5.41, 5.74) is -0.532. The van der Waals surface area contributed by atoms with E-state index in [-0.39, 0.29) is 46.5 Å². The van der Waals surface area contributed by atoms with E-state index < -0.39 is 15.6 Å². The molecule has 4 rings (SSSR count). The predicted octanol–water partition coefficient (Wildman–Crippen LogP) is 2.23. The third kappa shape index (κ3) is 5.21. The first-order chi connectivity index (χ1) is 17.0. The molecule has 0 aromatic carbocycles. The number of ether oxygens (including phenoxy) is 1. The molecule has 1 amide bonds. The van der Waals surface area contributed by atoms with Gasteiger partial charge in [0.25, 0.3) is 5.56 Å². The number of aromatic nitrogens is 2. The van der Waals surface area contributed by atoms with Crippen LogP contribution in [0.25, 0.3) is 10.2 Å². The first-order valence-corrected chi connectivity index (χ1v) is 14.7. The molecule has 2 aliphatic heterocycles. The maximum atomic E-state index is 13.7. The smallest absolute Gasteiger partial charge is 0.309 e. The van der Waals surface area contributed by atoms with Gasteiger partial charge in [-0.3, -0.25) is 19.0 Å². The number of thiophene rings is 1. The van der Waals surface area contributed by atoms with Crippen molar-refractivity contribution in [2.24, 2.45) is 17.8 Å². The number of hydrogen-bond donors (Lipinski definition) is 0. The third-order valence-electron chi connectivity index (χ3n) is 7.01. The van der Waals surface area contributed by atoms with E-state index in [1.165, 1.54) is 26.5 Å². The first-order valence-electron chi connectivity index (χ1n) is 12.5. The van der Waals surface area contributed by atoms with Crippen molar-refractivity contribution in [1.82, 2.24) is 18.8 Å². The molecule has 36 heavy (non-hydrogen) atoms. The van der Waals surface area contributed by atoms with Crippen molar-refractivity contribution in [3.05, 3.63) is 21.6 Å². The lowest BCUT2D eigenvalue weighted by atomic mass is 9.94. The summed E-state index contributed by atoms with van der Waals surface area (Å²) in [6.45, 7) is 9.24. The summed E-state index contributed by atoms with van der Waals surface area (Å²) in [4.78, 5) is 45.2. The number of carbonyl (C=O) groups is 2. The van der Waals surface area contributed by atoms with Crippen LogP contribution in [0.1, 0.15) is 44.9 Å². The van der Waals surface area contributed by atoms with Crippen LogP contribution in [0.2, 0.25) is 0 Å². The highest BCUT2D eigenvalue weighted by Crippen LogP contribution is 2.35. The highest BCUT2D eigenvalue weighted by atomic mass is 32.2. The van der Waals surface area contributed by atoms with Crippen molar-refractivity contribution in [2.75, 3.05) is 32.8 Å². The van der Waals surface area contributed by atoms with Gasteiger partial charge in [-0.05, 0) is 44.9 Å². The number of piperidine rings is 2. The maximum absolute atomic E-state index is 13.7. The quantitative estimate of drug-likeness (QED) is 0.518. The van der Waals surface area contributed by atoms with E-state index in [2.05, 4.69) is 4.98 Å². The van der Waals surface area contributed by atoms with Crippen molar-refractivity contribution < 1.29 is 22.7 Å². The number of esters is 1. The molecule has 2 saturated heterocycles. The molecule has 2 atom stereocenters. The van der Waals surface area contributed by atoms with Gasteiger partial charge in [0.15, 0.2) is 0 Å². The summed E-state index contributed by atoms with van der Waals surface area (Å²) >= 11 is 1.18. The molecule has 198 valence electrons. The largest absolute Gasteiger partial charge is 0.466 e. The lowest BCUT2D eigenvalue weighted by Crippen LogP contribution is -2.43. The van der Waals surface area contributed by atoms with Gasteiger partial charge in [0.1, 0.15) is 16.3 Å². The average Bonchev–Trinajstić information content (AvgIpc) is 3.18. The van der Waals surface area contributed by atoms with Crippen LogP contribution < -0.4 is 5.56 Å². The van der Waals surface area contributed by atoms with E-state index >= 15 is 0 Å². The number of amides is 1. The van der Waals surface area contributed by atoms with Gasteiger partial charge in [-0.2, -0.15) is 4.31 Å². The summed E-state index contributed by atoms with van der Waals surface area (Å²) in [5.74, 6) is -0.273. The highest BCUT2D eigenvalue weighted by molar-refractivity contribution is 7.89. The number of carbonyl (C=O) groups excluding carboxylic acids is 2. The second kappa shape index (κ2) is 10.6. The molecule has 2 aliphatic rings. The van der Waals surface area contributed by atoms with E-state index in [1.54, 1.807) is 18.7 Å². The van der Waals surface area contributed by atoms with E-state index in [0.29, 0.717) is 55.3 Å². The zero-order valence-electron chi connectivity index (χ0n) is 21.2. The lowest BCUT2D eigenvalue weighted by Gasteiger charge is -2.34. The molecule has 0 N–H and O–H groups in total. The van der Waals surface area contributed by atoms with Gasteiger partial charge in [-0.1, -0.05) is 13.8 Å². The van der Waals surface area contributed by atoms with Crippen LogP contribution in [0.3, 0.4) is 0 Å². The standard InChI is InChI=1S/C24H34N4O6S2/c1-5-34-24(31)18-6-8-26(9-7-18)19(29)13-27-14-25-22-20(23(27)30)21(17(4)35-22)36(32,33)28-11-15(2)10-16(3)12-28/h14-16,18H,5-13H2,1-4H3/t15-,16-/m1/s1. The Morgan fingerprint density at radius 1 is 1.17 bits per heavy atom. The Morgan fingerprint density at radius 3 is 2.42 bits per heavy atom. The van der Waals surface area contributed by atoms with Crippen LogP contribution >= 0.6 is 11.3 Å². The van der Waals surface area contributed by atoms with Crippen molar-refractivity contribution in [3.8, 4) is 0 Å². The second-order valence-electron chi connectivity index (χ2n) is 10.0. The zero-order valence-corrected chi connectivity index (χ0v) is 22.9. The van der Waals surface area contributed by atoms with Gasteiger partial charge in [0.05, 0.1) is 24.2 Å². The fourth-order valence-corrected chi connectivity index (χ4v) is 8.68. The predicted molar refractivity (Wildman–Crippen MR) is 136 cm³/mol. The molecule has 10 nitrogen and oxygen atoms in total. The summed E-state index contributed by atoms with van der Waals surface area (Å²) in [5, 5.41) is 0.0553. The first kappa shape index (κ1) is 26.7. The lowest BCUT2D eigenvalue weighted by molar-refractivity contribution is -0.151. The molecular formula is C24H34N4O6S2. The van der Waals surface area contributed by atoms with E-state index in [4.69, 9.17) is 4.74 Å². The summed E-state index contributed by atoms with van der Waals surface area (Å²) in [6, 6.07) is 0. The number of likely N-dealkylation sites (tertiary alicyclic amines) is 1. The Hall–Kier alpha value is -2.31. The minimum absolute atomic E-state index is 0.0124. The Morgan fingerprint density at radius 2 is 1.81 bits per heavy atom. The maximum Gasteiger partial charge on any atom is 0.309 e. The fourth-order valence-electron chi connectivity index (χ4n) is 5.34. The van der Waals surface area contributed by atoms with Crippen molar-refractivity contribution >= 4 is 43.5 Å². The number of sulfonamides is 1. The molecule has 12 heteroatoms. The molecule has 0 spiro atoms. The SMILES string of the molecule is CCOC(=O)C1CCN(C(=O)Cn2cnc3sc(C)c(S(=O)(=O)N4C[C@H](C)C[C@@H](C)C4)c3c2=O)CC1. The minimum atomic E-state index is -3.90. The van der Waals surface area contributed by atoms with E-state index in [0.717, 1.165) is 6.42 Å². The zero-order chi connectivity index (χ0) is 26.2. The van der Waals surface area contributed by atoms with Crippen LogP contribution in [0.4, 0.5) is 0 Å². The fraction of sp³-hybridized carbons (Fsp3) is 0.667. The summed E-state index contributed by atoms with van der Waals surface area (Å²) in [7, 11) is -3.90. The van der Waals surface area contributed by atoms with E-state index in [9.17, 15) is 22.8 Å². The molecule has 0 saturated carbocycles. The van der Waals surface area contributed by atoms with Gasteiger partial charge >= 0.3 is 5.97 Å². The molecule has 4 heterocycles. The Labute approximate surface area is 215 Å². The third-order valence-corrected chi connectivity index (χ3v) is 10.2. The van der Waals surface area contributed by atoms with Crippen molar-refractivity contribution in [1.29, 1.82) is 0 Å². The number of nitrogens with zero attached hydrogens (tertiary/aromatic N) is 4. The van der Waals surface area contributed by atoms with Crippen LogP contribution in [0.15, 0.2) is 16.0 Å². The molecule has 2 aromatic rings. The van der Waals surface area contributed by atoms with E-state index in [1.807, 2.05) is 13.8 Å². The van der Waals surface area contributed by atoms with Crippen LogP contribution in [0, 0.1) is 24.7 Å². The average molecular weight is 539 g/mol. The minimum Gasteiger partial charge on any atom is -0.466 e. The summed E-state index contributed by atoms with van der Waals surface area (Å²) < 4.78 is 35.1. The van der Waals surface area contributed by atoms with Crippen LogP contribution in [-0.2, 0) is 30.9 Å². The van der Waals surface area contributed by atoms with Gasteiger partial charge in [-0.15, -0.1) is 11.3 Å². The molecule has 0 unspecified atom stereocenters. The Bertz CT molecular complexity index is 1300. The molecular weight excluding hydrogens is 504 g/mol. The monoisotopic (exact) mass is 538 g/mol. The normalized spacial score (nSPS) is 22.2. The van der Waals surface area contributed by atoms with Gasteiger partial charge < -0.3 is 9.64 Å². The Balaban J connectivity index is 1.58. The van der Waals surface area contributed by atoms with Crippen LogP contribution in [-0.4, -0.2) is 71.8 Å². The van der Waals surface area contributed by atoms with Gasteiger partial charge in [-0.25, -0.2) is 13.4 Å². The molecule has 0 radical (unpaired) electrons. The van der Waals surface area contributed by atoms with Crippen molar-refractivity contribution in [2.45, 2.75) is 58.4 Å². The van der Waals surface area contributed by atoms with Gasteiger partial charge in [0, 0.05) is 31.1 Å². The van der Waals surface area contributed by atoms with Crippen LogP contribution in [0.5, 0.6) is 0 Å². The Kier molecular flexibility index (Phi) is 7.86. The second-order valence-corrected chi connectivity index (χ2v) is 13.1. The number of fused-ring (bicyclic) bond motifs is 1. The molecule has 0 aliphatic carbocycles. The number of hydrogen-bond acceptors (Lipinski definition) is 8. The molecule has 2 aromatic heterocycles. The summed E-state index contributed by atoms with van der Waals surface area (Å²) in [6.07, 6.45) is 3.29. The topological polar surface area (TPSA) is 119 Å². The number of aryl methyl sites for hydroxylation is 1. The van der Waals surface area contributed by atoms with Gasteiger partial charge in [0.2, 0.25) is 15.9 Å². The molecule has 0 bridgehead atoms. The molecule has 2 fully saturated rings.